The lowest BCUT2D eigenvalue weighted by molar-refractivity contribution is -0.143. The highest BCUT2D eigenvalue weighted by Crippen LogP contribution is 2.40. The van der Waals surface area contributed by atoms with Crippen molar-refractivity contribution in [2.24, 2.45) is 7.05 Å². The molecule has 4 heterocycles. The number of aromatic hydroxyl groups is 1. The van der Waals surface area contributed by atoms with Crippen LogP contribution in [0.25, 0.3) is 11.1 Å². The van der Waals surface area contributed by atoms with Crippen molar-refractivity contribution in [1.82, 2.24) is 14.5 Å². The molecule has 2 N–H and O–H groups in total. The maximum Gasteiger partial charge on any atom is 0.274 e. The molecule has 0 saturated carbocycles. The number of nitrogens with one attached hydrogen (secondary N) is 1. The number of carbonyl (C=O) groups excluding carboxylic acids is 1. The maximum atomic E-state index is 14.0. The number of aromatic nitrogens is 2. The number of anilines is 4. The number of amides is 1. The molecule has 2 aliphatic heterocycles. The molecular formula is C36H41FN6O5. The zero-order valence-corrected chi connectivity index (χ0v) is 27.9. The smallest absolute Gasteiger partial charge is 0.274 e. The van der Waals surface area contributed by atoms with Gasteiger partial charge in [0.15, 0.2) is 0 Å². The maximum absolute atomic E-state index is 14.0. The highest BCUT2D eigenvalue weighted by atomic mass is 19.3. The van der Waals surface area contributed by atoms with Crippen LogP contribution in [-0.4, -0.2) is 71.8 Å². The number of likely N-dealkylation sites (N-methyl/N-ethyl adjacent to an activating group) is 1. The summed E-state index contributed by atoms with van der Waals surface area (Å²) in [5.41, 5.74) is 3.54. The number of aryl methyl sites for hydroxylation is 1. The lowest BCUT2D eigenvalue weighted by Crippen LogP contribution is -2.44. The summed E-state index contributed by atoms with van der Waals surface area (Å²) in [6.07, 6.45) is 3.46. The van der Waals surface area contributed by atoms with E-state index in [1.807, 2.05) is 32.9 Å². The van der Waals surface area contributed by atoms with E-state index in [1.165, 1.54) is 15.5 Å². The van der Waals surface area contributed by atoms with Crippen molar-refractivity contribution in [3.05, 3.63) is 88.0 Å². The monoisotopic (exact) mass is 656 g/mol. The van der Waals surface area contributed by atoms with Crippen molar-refractivity contribution >= 4 is 28.8 Å². The third kappa shape index (κ3) is 6.58. The van der Waals surface area contributed by atoms with Crippen molar-refractivity contribution in [2.75, 3.05) is 61.5 Å². The van der Waals surface area contributed by atoms with E-state index in [0.717, 1.165) is 31.9 Å². The van der Waals surface area contributed by atoms with E-state index in [1.54, 1.807) is 49.8 Å². The zero-order chi connectivity index (χ0) is 34.2. The predicted octanol–water partition coefficient (Wildman–Crippen LogP) is 5.39. The molecule has 0 unspecified atom stereocenters. The second-order valence-corrected chi connectivity index (χ2v) is 13.4. The Morgan fingerprint density at radius 2 is 1.77 bits per heavy atom. The molecule has 252 valence electrons. The standard InChI is InChI=1S/C36H41FN6O5/c1-36(2,3)28-19-32-26(18-31(28)44)34(45)43(15-16-47-32)30-8-6-7-25(27(30)22-48-37)23-17-29(35(46)41(5)21-23)39-33-10-9-24(20-38-33)42-13-11-40(4)12-14-42/h6-10,17-21,44H,11-16,22H2,1-5H3,(H,38,39). The molecule has 1 fully saturated rings. The first-order valence-electron chi connectivity index (χ1n) is 16.0. The lowest BCUT2D eigenvalue weighted by atomic mass is 9.85. The summed E-state index contributed by atoms with van der Waals surface area (Å²) in [5, 5.41) is 14.0. The molecule has 0 spiro atoms. The Bertz CT molecular complexity index is 1880. The van der Waals surface area contributed by atoms with Gasteiger partial charge in [0, 0.05) is 56.1 Å². The van der Waals surface area contributed by atoms with Crippen LogP contribution in [0.2, 0.25) is 0 Å². The summed E-state index contributed by atoms with van der Waals surface area (Å²) < 4.78 is 21.1. The Balaban J connectivity index is 1.33. The van der Waals surface area contributed by atoms with Crippen molar-refractivity contribution in [3.63, 3.8) is 0 Å². The molecule has 4 aromatic rings. The van der Waals surface area contributed by atoms with Crippen molar-refractivity contribution in [3.8, 4) is 22.6 Å². The Morgan fingerprint density at radius 3 is 2.46 bits per heavy atom. The number of fused-ring (bicyclic) bond motifs is 1. The van der Waals surface area contributed by atoms with Crippen molar-refractivity contribution in [2.45, 2.75) is 32.8 Å². The van der Waals surface area contributed by atoms with Crippen molar-refractivity contribution in [1.29, 1.82) is 0 Å². The van der Waals surface area contributed by atoms with Crippen LogP contribution in [0.1, 0.15) is 42.3 Å². The molecule has 0 aliphatic carbocycles. The van der Waals surface area contributed by atoms with Gasteiger partial charge in [0.25, 0.3) is 11.5 Å². The minimum atomic E-state index is -0.446. The van der Waals surface area contributed by atoms with E-state index >= 15 is 0 Å². The number of nitrogens with zero attached hydrogens (tertiary/aromatic N) is 5. The minimum absolute atomic E-state index is 0.00481. The van der Waals surface area contributed by atoms with Gasteiger partial charge in [0.05, 0.1) is 29.7 Å². The van der Waals surface area contributed by atoms with Crippen LogP contribution in [0, 0.1) is 0 Å². The quantitative estimate of drug-likeness (QED) is 0.271. The Labute approximate surface area is 279 Å². The fourth-order valence-electron chi connectivity index (χ4n) is 6.28. The first-order valence-corrected chi connectivity index (χ1v) is 16.0. The fraction of sp³-hybridized carbons (Fsp3) is 0.361. The first kappa shape index (κ1) is 33.0. The molecule has 1 amide bonds. The molecular weight excluding hydrogens is 615 g/mol. The number of hydrogen-bond acceptors (Lipinski definition) is 9. The minimum Gasteiger partial charge on any atom is -0.508 e. The first-order chi connectivity index (χ1) is 22.9. The summed E-state index contributed by atoms with van der Waals surface area (Å²) >= 11 is 0. The van der Waals surface area contributed by atoms with E-state index in [2.05, 4.69) is 32.1 Å². The molecule has 11 nitrogen and oxygen atoms in total. The molecule has 48 heavy (non-hydrogen) atoms. The highest BCUT2D eigenvalue weighted by molar-refractivity contribution is 6.09. The van der Waals surface area contributed by atoms with E-state index in [9.17, 15) is 19.2 Å². The number of hydrogen-bond donors (Lipinski definition) is 2. The van der Waals surface area contributed by atoms with Gasteiger partial charge >= 0.3 is 0 Å². The molecule has 0 radical (unpaired) electrons. The van der Waals surface area contributed by atoms with Crippen LogP contribution >= 0.6 is 0 Å². The largest absolute Gasteiger partial charge is 0.508 e. The van der Waals surface area contributed by atoms with Gasteiger partial charge in [0.2, 0.25) is 0 Å². The summed E-state index contributed by atoms with van der Waals surface area (Å²) in [7, 11) is 3.75. The van der Waals surface area contributed by atoms with Crippen LogP contribution in [0.15, 0.2) is 65.7 Å². The number of ether oxygens (including phenoxy) is 1. The van der Waals surface area contributed by atoms with Crippen LogP contribution in [0.5, 0.6) is 11.5 Å². The predicted molar refractivity (Wildman–Crippen MR) is 184 cm³/mol. The number of pyridine rings is 2. The van der Waals surface area contributed by atoms with Crippen molar-refractivity contribution < 1.29 is 24.1 Å². The zero-order valence-electron chi connectivity index (χ0n) is 27.9. The normalized spacial score (nSPS) is 15.6. The van der Waals surface area contributed by atoms with E-state index in [-0.39, 0.29) is 41.1 Å². The molecule has 6 rings (SSSR count). The van der Waals surface area contributed by atoms with Crippen LogP contribution in [0.3, 0.4) is 0 Å². The lowest BCUT2D eigenvalue weighted by Gasteiger charge is -2.33. The molecule has 0 atom stereocenters. The fourth-order valence-corrected chi connectivity index (χ4v) is 6.28. The van der Waals surface area contributed by atoms with E-state index in [4.69, 9.17) is 4.74 Å². The number of phenolic OH excluding ortho intramolecular Hbond substituents is 1. The van der Waals surface area contributed by atoms with Gasteiger partial charge in [-0.1, -0.05) is 32.9 Å². The van der Waals surface area contributed by atoms with Gasteiger partial charge in [-0.05, 0) is 59.0 Å². The molecule has 2 aromatic heterocycles. The van der Waals surface area contributed by atoms with Gasteiger partial charge in [0.1, 0.15) is 36.2 Å². The van der Waals surface area contributed by atoms with Crippen LogP contribution in [-0.2, 0) is 24.0 Å². The number of halogens is 1. The van der Waals surface area contributed by atoms with Gasteiger partial charge in [-0.2, -0.15) is 4.94 Å². The molecule has 12 heteroatoms. The number of rotatable bonds is 7. The Morgan fingerprint density at radius 1 is 1.00 bits per heavy atom. The Hall–Kier alpha value is -4.94. The summed E-state index contributed by atoms with van der Waals surface area (Å²) in [4.78, 5) is 42.0. The highest BCUT2D eigenvalue weighted by Gasteiger charge is 2.31. The average Bonchev–Trinajstić information content (AvgIpc) is 3.21. The number of piperazine rings is 1. The molecule has 2 aromatic carbocycles. The van der Waals surface area contributed by atoms with Gasteiger partial charge in [-0.25, -0.2) is 4.98 Å². The van der Waals surface area contributed by atoms with Gasteiger partial charge < -0.3 is 34.4 Å². The van der Waals surface area contributed by atoms with E-state index < -0.39 is 12.5 Å². The van der Waals surface area contributed by atoms with E-state index in [0.29, 0.717) is 39.5 Å². The van der Waals surface area contributed by atoms with Gasteiger partial charge in [-0.3, -0.25) is 9.59 Å². The Kier molecular flexibility index (Phi) is 9.13. The molecule has 0 bridgehead atoms. The topological polar surface area (TPSA) is 112 Å². The van der Waals surface area contributed by atoms with Crippen LogP contribution in [0.4, 0.5) is 27.4 Å². The average molecular weight is 657 g/mol. The summed E-state index contributed by atoms with van der Waals surface area (Å²) in [6.45, 7) is 9.61. The third-order valence-electron chi connectivity index (χ3n) is 8.97. The number of phenols is 1. The summed E-state index contributed by atoms with van der Waals surface area (Å²) in [5.74, 6) is 0.484. The molecule has 1 saturated heterocycles. The van der Waals surface area contributed by atoms with Crippen LogP contribution < -0.4 is 25.4 Å². The second kappa shape index (κ2) is 13.3. The molecule has 2 aliphatic rings. The second-order valence-electron chi connectivity index (χ2n) is 13.4. The third-order valence-corrected chi connectivity index (χ3v) is 8.97. The number of benzene rings is 2. The SMILES string of the molecule is CN1CCN(c2ccc(Nc3cc(-c4cccc(N5CCOc6cc(C(C)(C)C)c(O)cc6C5=O)c4COF)cn(C)c3=O)nc2)CC1. The van der Waals surface area contributed by atoms with Gasteiger partial charge in [-0.15, -0.1) is 0 Å². The summed E-state index contributed by atoms with van der Waals surface area (Å²) in [6, 6.07) is 13.9. The number of carbonyl (C=O) groups is 1.